The van der Waals surface area contributed by atoms with Gasteiger partial charge in [-0.1, -0.05) is 6.58 Å². The maximum Gasteiger partial charge on any atom is 0.330 e. The van der Waals surface area contributed by atoms with E-state index in [1.807, 2.05) is 0 Å². The Balaban J connectivity index is 0. The summed E-state index contributed by atoms with van der Waals surface area (Å²) in [6.45, 7) is 7.86. The van der Waals surface area contributed by atoms with E-state index in [0.29, 0.717) is 6.42 Å². The number of carbonyl (C=O) groups excluding carboxylic acids is 1. The van der Waals surface area contributed by atoms with Crippen LogP contribution < -0.4 is 6.15 Å². The van der Waals surface area contributed by atoms with E-state index >= 15 is 0 Å². The molecule has 0 aromatic carbocycles. The summed E-state index contributed by atoms with van der Waals surface area (Å²) in [5.74, 6) is -0.548. The monoisotopic (exact) mass is 283 g/mol. The van der Waals surface area contributed by atoms with E-state index in [1.54, 1.807) is 6.92 Å². The second kappa shape index (κ2) is 7.47. The number of ether oxygens (including phenoxy) is 1. The lowest BCUT2D eigenvalue weighted by molar-refractivity contribution is -0.142. The minimum Gasteiger partial charge on any atom is -0.726 e. The van der Waals surface area contributed by atoms with E-state index < -0.39 is 28.1 Å². The summed E-state index contributed by atoms with van der Waals surface area (Å²) in [6, 6.07) is 0. The van der Waals surface area contributed by atoms with Gasteiger partial charge in [-0.05, 0) is 33.6 Å². The fourth-order valence-corrected chi connectivity index (χ4v) is 1.81. The van der Waals surface area contributed by atoms with E-state index in [1.165, 1.54) is 13.8 Å². The van der Waals surface area contributed by atoms with Crippen molar-refractivity contribution in [2.24, 2.45) is 0 Å². The van der Waals surface area contributed by atoms with Crippen molar-refractivity contribution in [2.75, 3.05) is 0 Å². The molecule has 0 radical (unpaired) electrons. The molecule has 0 aliphatic heterocycles. The molecule has 0 saturated carbocycles. The molecular weight excluding hydrogens is 262 g/mol. The van der Waals surface area contributed by atoms with Crippen LogP contribution in [0.5, 0.6) is 0 Å². The SMILES string of the molecule is C=CC(=O)OC(C)CCC(C)(C)OS(=O)(=O)[O-].[NH4+]. The minimum atomic E-state index is -4.73. The van der Waals surface area contributed by atoms with Crippen LogP contribution in [0.4, 0.5) is 0 Å². The van der Waals surface area contributed by atoms with E-state index in [-0.39, 0.29) is 12.6 Å². The van der Waals surface area contributed by atoms with E-state index in [2.05, 4.69) is 10.8 Å². The molecule has 0 rings (SSSR count). The van der Waals surface area contributed by atoms with E-state index in [0.717, 1.165) is 6.08 Å². The summed E-state index contributed by atoms with van der Waals surface area (Å²) < 4.78 is 40.6. The molecule has 0 fully saturated rings. The molecular formula is C10H21NO6S. The maximum atomic E-state index is 10.9. The van der Waals surface area contributed by atoms with Gasteiger partial charge in [0, 0.05) is 6.08 Å². The maximum absolute atomic E-state index is 10.9. The predicted molar refractivity (Wildman–Crippen MR) is 65.8 cm³/mol. The Hall–Kier alpha value is -0.960. The van der Waals surface area contributed by atoms with Gasteiger partial charge in [-0.15, -0.1) is 0 Å². The third kappa shape index (κ3) is 10.2. The van der Waals surface area contributed by atoms with Gasteiger partial charge in [-0.3, -0.25) is 4.18 Å². The Morgan fingerprint density at radius 2 is 2.00 bits per heavy atom. The van der Waals surface area contributed by atoms with Crippen LogP contribution in [0.25, 0.3) is 0 Å². The molecule has 0 aliphatic rings. The highest BCUT2D eigenvalue weighted by atomic mass is 32.3. The molecule has 0 aliphatic carbocycles. The molecule has 8 heteroatoms. The largest absolute Gasteiger partial charge is 0.726 e. The summed E-state index contributed by atoms with van der Waals surface area (Å²) >= 11 is 0. The number of hydrogen-bond acceptors (Lipinski definition) is 6. The topological polar surface area (TPSA) is 129 Å². The predicted octanol–water partition coefficient (Wildman–Crippen LogP) is 1.52. The Kier molecular flexibility index (Phi) is 8.04. The van der Waals surface area contributed by atoms with Gasteiger partial charge < -0.3 is 15.4 Å². The summed E-state index contributed by atoms with van der Waals surface area (Å²) in [6.07, 6.45) is 1.28. The van der Waals surface area contributed by atoms with Crippen LogP contribution in [-0.4, -0.2) is 30.6 Å². The number of rotatable bonds is 7. The Labute approximate surface area is 108 Å². The summed E-state index contributed by atoms with van der Waals surface area (Å²) in [7, 11) is -4.73. The lowest BCUT2D eigenvalue weighted by atomic mass is 10.0. The van der Waals surface area contributed by atoms with Gasteiger partial charge in [-0.25, -0.2) is 13.2 Å². The van der Waals surface area contributed by atoms with Crippen molar-refractivity contribution in [3.05, 3.63) is 12.7 Å². The molecule has 18 heavy (non-hydrogen) atoms. The van der Waals surface area contributed by atoms with Crippen LogP contribution >= 0.6 is 0 Å². The molecule has 7 nitrogen and oxygen atoms in total. The highest BCUT2D eigenvalue weighted by molar-refractivity contribution is 7.80. The summed E-state index contributed by atoms with van der Waals surface area (Å²) in [4.78, 5) is 10.9. The molecule has 1 unspecified atom stereocenters. The van der Waals surface area contributed by atoms with Crippen molar-refractivity contribution in [3.63, 3.8) is 0 Å². The molecule has 0 aromatic rings. The minimum absolute atomic E-state index is 0. The quantitative estimate of drug-likeness (QED) is 0.326. The van der Waals surface area contributed by atoms with Crippen LogP contribution in [0, 0.1) is 0 Å². The third-order valence-electron chi connectivity index (χ3n) is 1.96. The van der Waals surface area contributed by atoms with Gasteiger partial charge in [0.05, 0.1) is 11.7 Å². The number of carbonyl (C=O) groups is 1. The first-order chi connectivity index (χ1) is 7.56. The van der Waals surface area contributed by atoms with Crippen LogP contribution in [0.1, 0.15) is 33.6 Å². The van der Waals surface area contributed by atoms with Crippen molar-refractivity contribution in [1.82, 2.24) is 6.15 Å². The first kappa shape index (κ1) is 19.4. The van der Waals surface area contributed by atoms with Crippen molar-refractivity contribution >= 4 is 16.4 Å². The zero-order valence-electron chi connectivity index (χ0n) is 11.1. The smallest absolute Gasteiger partial charge is 0.330 e. The lowest BCUT2D eigenvalue weighted by Gasteiger charge is -2.27. The second-order valence-electron chi connectivity index (χ2n) is 4.24. The normalized spacial score (nSPS) is 13.3. The molecule has 0 saturated heterocycles. The first-order valence-corrected chi connectivity index (χ1v) is 6.38. The number of hydrogen-bond donors (Lipinski definition) is 1. The summed E-state index contributed by atoms with van der Waals surface area (Å²) in [5.41, 5.74) is -1.12. The van der Waals surface area contributed by atoms with Gasteiger partial charge >= 0.3 is 5.97 Å². The van der Waals surface area contributed by atoms with Gasteiger partial charge in [0.25, 0.3) is 0 Å². The van der Waals surface area contributed by atoms with Crippen LogP contribution in [-0.2, 0) is 24.1 Å². The fourth-order valence-electron chi connectivity index (χ4n) is 1.17. The molecule has 1 atom stereocenters. The average Bonchev–Trinajstić information content (AvgIpc) is 2.11. The zero-order valence-corrected chi connectivity index (χ0v) is 12.0. The van der Waals surface area contributed by atoms with Crippen molar-refractivity contribution < 1.29 is 26.7 Å². The van der Waals surface area contributed by atoms with Crippen LogP contribution in [0.15, 0.2) is 12.7 Å². The second-order valence-corrected chi connectivity index (χ2v) is 5.22. The first-order valence-electron chi connectivity index (χ1n) is 5.05. The highest BCUT2D eigenvalue weighted by Crippen LogP contribution is 2.20. The molecule has 0 aromatic heterocycles. The molecule has 0 amide bonds. The van der Waals surface area contributed by atoms with Gasteiger partial charge in [-0.2, -0.15) is 0 Å². The standard InChI is InChI=1S/C10H18O6S.H3N/c1-5-9(11)15-8(2)6-7-10(3,4)16-17(12,13)14;/h5,8H,1,6-7H2,2-4H3,(H,12,13,14);1H3. The Morgan fingerprint density at radius 3 is 2.39 bits per heavy atom. The molecule has 108 valence electrons. The van der Waals surface area contributed by atoms with Gasteiger partial charge in [0.2, 0.25) is 10.4 Å². The third-order valence-corrected chi connectivity index (χ3v) is 2.62. The fraction of sp³-hybridized carbons (Fsp3) is 0.700. The number of quaternary nitrogens is 1. The van der Waals surface area contributed by atoms with Gasteiger partial charge in [0.1, 0.15) is 0 Å². The number of esters is 1. The molecule has 4 N–H and O–H groups in total. The average molecular weight is 283 g/mol. The highest BCUT2D eigenvalue weighted by Gasteiger charge is 2.23. The van der Waals surface area contributed by atoms with Crippen molar-refractivity contribution in [1.29, 1.82) is 0 Å². The molecule has 0 heterocycles. The zero-order chi connectivity index (χ0) is 13.7. The summed E-state index contributed by atoms with van der Waals surface area (Å²) in [5, 5.41) is 0. The molecule has 0 bridgehead atoms. The van der Waals surface area contributed by atoms with Crippen molar-refractivity contribution in [2.45, 2.75) is 45.3 Å². The van der Waals surface area contributed by atoms with E-state index in [9.17, 15) is 17.8 Å². The van der Waals surface area contributed by atoms with Crippen molar-refractivity contribution in [3.8, 4) is 0 Å². The van der Waals surface area contributed by atoms with Crippen LogP contribution in [0.2, 0.25) is 0 Å². The van der Waals surface area contributed by atoms with E-state index in [4.69, 9.17) is 4.74 Å². The Morgan fingerprint density at radius 1 is 1.50 bits per heavy atom. The molecule has 0 spiro atoms. The van der Waals surface area contributed by atoms with Crippen LogP contribution in [0.3, 0.4) is 0 Å². The van der Waals surface area contributed by atoms with Gasteiger partial charge in [0.15, 0.2) is 0 Å². The lowest BCUT2D eigenvalue weighted by Crippen LogP contribution is -2.29. The Bertz CT molecular complexity index is 376.